The third kappa shape index (κ3) is 2.50. The molecule has 0 aliphatic rings. The molecule has 0 aromatic heterocycles. The van der Waals surface area contributed by atoms with E-state index in [1.54, 1.807) is 6.07 Å². The minimum absolute atomic E-state index is 0.0142. The maximum atomic E-state index is 9.50. The van der Waals surface area contributed by atoms with Gasteiger partial charge in [-0.3, -0.25) is 0 Å². The SMILES string of the molecule is Oc1c(Br)cc(Cl)cc1C(O)CCl. The molecule has 5 heteroatoms. The van der Waals surface area contributed by atoms with E-state index >= 15 is 0 Å². The maximum Gasteiger partial charge on any atom is 0.135 e. The minimum atomic E-state index is -0.906. The summed E-state index contributed by atoms with van der Waals surface area (Å²) in [5.41, 5.74) is 0.328. The lowest BCUT2D eigenvalue weighted by Crippen LogP contribution is -1.99. The number of aliphatic hydroxyl groups excluding tert-OH is 1. The van der Waals surface area contributed by atoms with Crippen molar-refractivity contribution in [3.8, 4) is 5.75 Å². The quantitative estimate of drug-likeness (QED) is 0.820. The standard InChI is InChI=1S/C8H7BrCl2O2/c9-6-2-4(11)1-5(8(6)13)7(12)3-10/h1-2,7,12-13H,3H2. The van der Waals surface area contributed by atoms with Crippen molar-refractivity contribution >= 4 is 39.1 Å². The van der Waals surface area contributed by atoms with Crippen LogP contribution in [0.25, 0.3) is 0 Å². The fourth-order valence-corrected chi connectivity index (χ4v) is 1.92. The highest BCUT2D eigenvalue weighted by Crippen LogP contribution is 2.35. The molecule has 0 aliphatic carbocycles. The Kier molecular flexibility index (Phi) is 3.86. The zero-order chi connectivity index (χ0) is 10.0. The van der Waals surface area contributed by atoms with Gasteiger partial charge in [0, 0.05) is 10.6 Å². The molecule has 1 unspecified atom stereocenters. The summed E-state index contributed by atoms with van der Waals surface area (Å²) in [6.07, 6.45) is -0.906. The largest absolute Gasteiger partial charge is 0.506 e. The van der Waals surface area contributed by atoms with E-state index in [1.807, 2.05) is 0 Å². The van der Waals surface area contributed by atoms with Gasteiger partial charge in [0.25, 0.3) is 0 Å². The molecule has 0 bridgehead atoms. The molecule has 0 aliphatic heterocycles. The van der Waals surface area contributed by atoms with E-state index in [9.17, 15) is 10.2 Å². The monoisotopic (exact) mass is 284 g/mol. The molecule has 0 radical (unpaired) electrons. The summed E-state index contributed by atoms with van der Waals surface area (Å²) in [7, 11) is 0. The number of rotatable bonds is 2. The van der Waals surface area contributed by atoms with Crippen molar-refractivity contribution in [2.75, 3.05) is 5.88 Å². The smallest absolute Gasteiger partial charge is 0.135 e. The Hall–Kier alpha value is 0.0400. The molecule has 1 rings (SSSR count). The molecule has 0 heterocycles. The molecule has 0 amide bonds. The third-order valence-corrected chi connectivity index (χ3v) is 2.68. The van der Waals surface area contributed by atoms with Crippen molar-refractivity contribution in [2.45, 2.75) is 6.10 Å². The number of hydrogen-bond donors (Lipinski definition) is 2. The second-order valence-corrected chi connectivity index (χ2v) is 4.09. The van der Waals surface area contributed by atoms with Gasteiger partial charge in [-0.25, -0.2) is 0 Å². The summed E-state index contributed by atoms with van der Waals surface area (Å²) in [5, 5.41) is 19.3. The number of hydrogen-bond acceptors (Lipinski definition) is 2. The highest BCUT2D eigenvalue weighted by atomic mass is 79.9. The predicted molar refractivity (Wildman–Crippen MR) is 56.5 cm³/mol. The third-order valence-electron chi connectivity index (χ3n) is 1.56. The molecule has 0 spiro atoms. The van der Waals surface area contributed by atoms with Crippen LogP contribution < -0.4 is 0 Å². The van der Waals surface area contributed by atoms with E-state index in [-0.39, 0.29) is 11.6 Å². The molecule has 72 valence electrons. The van der Waals surface area contributed by atoms with Crippen LogP contribution in [0.1, 0.15) is 11.7 Å². The van der Waals surface area contributed by atoms with Crippen molar-refractivity contribution in [3.63, 3.8) is 0 Å². The van der Waals surface area contributed by atoms with Gasteiger partial charge in [-0.2, -0.15) is 0 Å². The Morgan fingerprint density at radius 2 is 2.08 bits per heavy atom. The van der Waals surface area contributed by atoms with Gasteiger partial charge in [0.05, 0.1) is 16.5 Å². The Labute approximate surface area is 94.2 Å². The minimum Gasteiger partial charge on any atom is -0.506 e. The van der Waals surface area contributed by atoms with Crippen LogP contribution in [0.5, 0.6) is 5.75 Å². The van der Waals surface area contributed by atoms with E-state index in [4.69, 9.17) is 23.2 Å². The molecule has 2 N–H and O–H groups in total. The van der Waals surface area contributed by atoms with Crippen LogP contribution in [0.2, 0.25) is 5.02 Å². The number of phenolic OH excluding ortho intramolecular Hbond substituents is 1. The zero-order valence-corrected chi connectivity index (χ0v) is 9.57. The molecule has 1 aromatic carbocycles. The van der Waals surface area contributed by atoms with Crippen LogP contribution >= 0.6 is 39.1 Å². The first-order valence-corrected chi connectivity index (χ1v) is 5.18. The number of aromatic hydroxyl groups is 1. The van der Waals surface area contributed by atoms with Gasteiger partial charge in [0.15, 0.2) is 0 Å². The summed E-state index contributed by atoms with van der Waals surface area (Å²) in [4.78, 5) is 0. The second kappa shape index (κ2) is 4.51. The second-order valence-electron chi connectivity index (χ2n) is 2.50. The molecule has 1 aromatic rings. The summed E-state index contributed by atoms with van der Waals surface area (Å²) >= 11 is 14.3. The van der Waals surface area contributed by atoms with Crippen molar-refractivity contribution in [2.24, 2.45) is 0 Å². The highest BCUT2D eigenvalue weighted by Gasteiger charge is 2.14. The molecular formula is C8H7BrCl2O2. The van der Waals surface area contributed by atoms with Crippen LogP contribution in [0.3, 0.4) is 0 Å². The molecule has 13 heavy (non-hydrogen) atoms. The van der Waals surface area contributed by atoms with Crippen LogP contribution in [0.15, 0.2) is 16.6 Å². The summed E-state index contributed by atoms with van der Waals surface area (Å²) in [6.45, 7) is 0. The van der Waals surface area contributed by atoms with Crippen molar-refractivity contribution in [1.29, 1.82) is 0 Å². The first kappa shape index (κ1) is 11.1. The Balaban J connectivity index is 3.20. The van der Waals surface area contributed by atoms with E-state index in [2.05, 4.69) is 15.9 Å². The summed E-state index contributed by atoms with van der Waals surface area (Å²) < 4.78 is 0.444. The van der Waals surface area contributed by atoms with Gasteiger partial charge in [0.1, 0.15) is 5.75 Å². The fourth-order valence-electron chi connectivity index (χ4n) is 0.923. The molecule has 1 atom stereocenters. The zero-order valence-electron chi connectivity index (χ0n) is 6.47. The van der Waals surface area contributed by atoms with Crippen molar-refractivity contribution in [3.05, 3.63) is 27.2 Å². The predicted octanol–water partition coefficient (Wildman–Crippen LogP) is 3.08. The number of aliphatic hydroxyl groups is 1. The van der Waals surface area contributed by atoms with Gasteiger partial charge >= 0.3 is 0 Å². The lowest BCUT2D eigenvalue weighted by molar-refractivity contribution is 0.198. The van der Waals surface area contributed by atoms with Gasteiger partial charge in [-0.1, -0.05) is 11.6 Å². The van der Waals surface area contributed by atoms with Crippen LogP contribution in [0.4, 0.5) is 0 Å². The van der Waals surface area contributed by atoms with E-state index in [0.29, 0.717) is 15.1 Å². The first-order chi connectivity index (χ1) is 6.06. The van der Waals surface area contributed by atoms with Crippen molar-refractivity contribution < 1.29 is 10.2 Å². The summed E-state index contributed by atoms with van der Waals surface area (Å²) in [6, 6.07) is 3.02. The number of benzene rings is 1. The molecule has 0 saturated carbocycles. The Morgan fingerprint density at radius 1 is 1.46 bits per heavy atom. The normalized spacial score (nSPS) is 12.9. The van der Waals surface area contributed by atoms with Gasteiger partial charge < -0.3 is 10.2 Å². The molecule has 2 nitrogen and oxygen atoms in total. The molecular weight excluding hydrogens is 279 g/mol. The Bertz CT molecular complexity index is 317. The van der Waals surface area contributed by atoms with E-state index in [0.717, 1.165) is 0 Å². The van der Waals surface area contributed by atoms with Gasteiger partial charge in [0.2, 0.25) is 0 Å². The number of phenols is 1. The topological polar surface area (TPSA) is 40.5 Å². The summed E-state index contributed by atoms with van der Waals surface area (Å²) in [5.74, 6) is -0.0158. The van der Waals surface area contributed by atoms with Gasteiger partial charge in [-0.05, 0) is 28.1 Å². The van der Waals surface area contributed by atoms with Crippen LogP contribution in [-0.4, -0.2) is 16.1 Å². The molecule has 0 saturated heterocycles. The van der Waals surface area contributed by atoms with E-state index in [1.165, 1.54) is 6.07 Å². The fraction of sp³-hybridized carbons (Fsp3) is 0.250. The van der Waals surface area contributed by atoms with Crippen LogP contribution in [-0.2, 0) is 0 Å². The van der Waals surface area contributed by atoms with Crippen molar-refractivity contribution in [1.82, 2.24) is 0 Å². The highest BCUT2D eigenvalue weighted by molar-refractivity contribution is 9.10. The average Bonchev–Trinajstić information content (AvgIpc) is 2.10. The number of alkyl halides is 1. The average molecular weight is 286 g/mol. The lowest BCUT2D eigenvalue weighted by atomic mass is 10.1. The Morgan fingerprint density at radius 3 is 2.62 bits per heavy atom. The van der Waals surface area contributed by atoms with Gasteiger partial charge in [-0.15, -0.1) is 11.6 Å². The lowest BCUT2D eigenvalue weighted by Gasteiger charge is -2.10. The first-order valence-electron chi connectivity index (χ1n) is 3.48. The maximum absolute atomic E-state index is 9.50. The van der Waals surface area contributed by atoms with E-state index < -0.39 is 6.10 Å². The molecule has 0 fully saturated rings. The number of halogens is 3. The van der Waals surface area contributed by atoms with Crippen LogP contribution in [0, 0.1) is 0 Å².